The average Bonchev–Trinajstić information content (AvgIpc) is 2.69. The van der Waals surface area contributed by atoms with E-state index in [0.717, 1.165) is 40.4 Å². The molecule has 2 aromatic heterocycles. The second kappa shape index (κ2) is 8.01. The first kappa shape index (κ1) is 17.2. The van der Waals surface area contributed by atoms with Gasteiger partial charge in [0.2, 0.25) is 5.95 Å². The molecular formula is C21H18ClN5. The van der Waals surface area contributed by atoms with E-state index >= 15 is 0 Å². The molecule has 0 bridgehead atoms. The Kier molecular flexibility index (Phi) is 5.12. The fourth-order valence-corrected chi connectivity index (χ4v) is 3.08. The topological polar surface area (TPSA) is 62.7 Å². The Labute approximate surface area is 162 Å². The molecule has 0 aliphatic rings. The van der Waals surface area contributed by atoms with Crippen molar-refractivity contribution < 1.29 is 0 Å². The Morgan fingerprint density at radius 2 is 1.78 bits per heavy atom. The van der Waals surface area contributed by atoms with Gasteiger partial charge >= 0.3 is 0 Å². The summed E-state index contributed by atoms with van der Waals surface area (Å²) in [6.45, 7) is 0.757. The third kappa shape index (κ3) is 4.33. The highest BCUT2D eigenvalue weighted by Crippen LogP contribution is 2.23. The van der Waals surface area contributed by atoms with Gasteiger partial charge in [-0.3, -0.25) is 4.98 Å². The molecule has 0 fully saturated rings. The summed E-state index contributed by atoms with van der Waals surface area (Å²) in [5.41, 5.74) is 2.95. The summed E-state index contributed by atoms with van der Waals surface area (Å²) in [6.07, 6.45) is 4.37. The van der Waals surface area contributed by atoms with Crippen molar-refractivity contribution in [2.45, 2.75) is 6.42 Å². The third-order valence-electron chi connectivity index (χ3n) is 4.14. The zero-order chi connectivity index (χ0) is 18.5. The Balaban J connectivity index is 1.44. The predicted molar refractivity (Wildman–Crippen MR) is 111 cm³/mol. The largest absolute Gasteiger partial charge is 0.370 e. The molecule has 0 amide bonds. The van der Waals surface area contributed by atoms with Gasteiger partial charge in [-0.25, -0.2) is 4.98 Å². The summed E-state index contributed by atoms with van der Waals surface area (Å²) < 4.78 is 0. The summed E-state index contributed by atoms with van der Waals surface area (Å²) in [6, 6.07) is 19.7. The van der Waals surface area contributed by atoms with Crippen molar-refractivity contribution in [3.8, 4) is 0 Å². The molecule has 27 heavy (non-hydrogen) atoms. The van der Waals surface area contributed by atoms with Crippen LogP contribution in [0, 0.1) is 0 Å². The van der Waals surface area contributed by atoms with Crippen LogP contribution >= 0.6 is 11.6 Å². The van der Waals surface area contributed by atoms with E-state index in [1.54, 1.807) is 12.4 Å². The van der Waals surface area contributed by atoms with Gasteiger partial charge in [0.25, 0.3) is 0 Å². The molecule has 0 saturated heterocycles. The highest BCUT2D eigenvalue weighted by Gasteiger charge is 2.05. The highest BCUT2D eigenvalue weighted by atomic mass is 35.5. The number of anilines is 3. The summed E-state index contributed by atoms with van der Waals surface area (Å²) in [5.74, 6) is 1.30. The maximum atomic E-state index is 6.03. The lowest BCUT2D eigenvalue weighted by Gasteiger charge is -2.10. The van der Waals surface area contributed by atoms with E-state index < -0.39 is 0 Å². The van der Waals surface area contributed by atoms with Crippen LogP contribution in [-0.2, 0) is 6.42 Å². The zero-order valence-electron chi connectivity index (χ0n) is 14.6. The van der Waals surface area contributed by atoms with Gasteiger partial charge in [-0.15, -0.1) is 0 Å². The number of halogens is 1. The van der Waals surface area contributed by atoms with Crippen LogP contribution in [0.4, 0.5) is 17.5 Å². The van der Waals surface area contributed by atoms with E-state index in [9.17, 15) is 0 Å². The van der Waals surface area contributed by atoms with Crippen LogP contribution in [0.3, 0.4) is 0 Å². The lowest BCUT2D eigenvalue weighted by Crippen LogP contribution is -2.08. The van der Waals surface area contributed by atoms with E-state index in [-0.39, 0.29) is 0 Å². The molecule has 2 N–H and O–H groups in total. The summed E-state index contributed by atoms with van der Waals surface area (Å²) in [5, 5.41) is 8.41. The average molecular weight is 376 g/mol. The van der Waals surface area contributed by atoms with Crippen LogP contribution in [0.1, 0.15) is 5.56 Å². The number of fused-ring (bicyclic) bond motifs is 1. The second-order valence-corrected chi connectivity index (χ2v) is 6.51. The van der Waals surface area contributed by atoms with E-state index in [4.69, 9.17) is 11.6 Å². The first-order valence-corrected chi connectivity index (χ1v) is 9.08. The number of para-hydroxylation sites is 1. The van der Waals surface area contributed by atoms with Crippen LogP contribution in [0.5, 0.6) is 0 Å². The molecular weight excluding hydrogens is 358 g/mol. The number of rotatable bonds is 6. The monoisotopic (exact) mass is 375 g/mol. The fourth-order valence-electron chi connectivity index (χ4n) is 2.87. The Bertz CT molecular complexity index is 1060. The molecule has 4 rings (SSSR count). The van der Waals surface area contributed by atoms with Gasteiger partial charge in [0.1, 0.15) is 5.82 Å². The van der Waals surface area contributed by atoms with Gasteiger partial charge in [0, 0.05) is 29.3 Å². The van der Waals surface area contributed by atoms with Crippen molar-refractivity contribution in [1.82, 2.24) is 15.0 Å². The first-order valence-electron chi connectivity index (χ1n) is 8.70. The van der Waals surface area contributed by atoms with Crippen molar-refractivity contribution in [2.75, 3.05) is 17.2 Å². The lowest BCUT2D eigenvalue weighted by atomic mass is 10.1. The van der Waals surface area contributed by atoms with Crippen molar-refractivity contribution in [3.63, 3.8) is 0 Å². The number of hydrogen-bond donors (Lipinski definition) is 2. The fraction of sp³-hybridized carbons (Fsp3) is 0.0952. The second-order valence-electron chi connectivity index (χ2n) is 6.08. The van der Waals surface area contributed by atoms with Crippen LogP contribution in [-0.4, -0.2) is 21.5 Å². The van der Waals surface area contributed by atoms with Crippen molar-refractivity contribution in [1.29, 1.82) is 0 Å². The lowest BCUT2D eigenvalue weighted by molar-refractivity contribution is 1.00. The number of pyridine rings is 1. The van der Waals surface area contributed by atoms with E-state index in [0.29, 0.717) is 5.95 Å². The predicted octanol–water partition coefficient (Wildman–Crippen LogP) is 5.08. The normalized spacial score (nSPS) is 10.7. The van der Waals surface area contributed by atoms with E-state index in [1.807, 2.05) is 54.6 Å². The van der Waals surface area contributed by atoms with Gasteiger partial charge in [-0.05, 0) is 42.3 Å². The molecule has 5 nitrogen and oxygen atoms in total. The molecule has 0 atom stereocenters. The minimum atomic E-state index is 0.529. The van der Waals surface area contributed by atoms with Gasteiger partial charge in [0.05, 0.1) is 11.2 Å². The van der Waals surface area contributed by atoms with Crippen LogP contribution in [0.25, 0.3) is 10.9 Å². The number of benzene rings is 2. The summed E-state index contributed by atoms with van der Waals surface area (Å²) in [4.78, 5) is 13.3. The number of hydrogen-bond acceptors (Lipinski definition) is 5. The van der Waals surface area contributed by atoms with Gasteiger partial charge in [-0.1, -0.05) is 41.9 Å². The van der Waals surface area contributed by atoms with Crippen LogP contribution in [0.2, 0.25) is 5.02 Å². The summed E-state index contributed by atoms with van der Waals surface area (Å²) >= 11 is 6.03. The molecule has 4 aromatic rings. The Hall–Kier alpha value is -3.18. The van der Waals surface area contributed by atoms with Gasteiger partial charge in [0.15, 0.2) is 0 Å². The molecule has 6 heteroatoms. The molecule has 0 saturated carbocycles. The number of nitrogens with zero attached hydrogens (tertiary/aromatic N) is 3. The first-order chi connectivity index (χ1) is 13.3. The molecule has 134 valence electrons. The molecule has 0 spiro atoms. The zero-order valence-corrected chi connectivity index (χ0v) is 15.3. The molecule has 0 aliphatic heterocycles. The van der Waals surface area contributed by atoms with E-state index in [2.05, 4.69) is 31.7 Å². The maximum absolute atomic E-state index is 6.03. The number of nitrogens with one attached hydrogen (secondary N) is 2. The summed E-state index contributed by atoms with van der Waals surface area (Å²) in [7, 11) is 0. The maximum Gasteiger partial charge on any atom is 0.229 e. The highest BCUT2D eigenvalue weighted by molar-refractivity contribution is 6.30. The van der Waals surface area contributed by atoms with Crippen molar-refractivity contribution in [3.05, 3.63) is 83.6 Å². The smallest absolute Gasteiger partial charge is 0.229 e. The minimum Gasteiger partial charge on any atom is -0.370 e. The number of aromatic nitrogens is 3. The van der Waals surface area contributed by atoms with Crippen LogP contribution < -0.4 is 10.6 Å². The molecule has 0 aliphatic carbocycles. The molecule has 2 heterocycles. The van der Waals surface area contributed by atoms with E-state index in [1.165, 1.54) is 5.56 Å². The SMILES string of the molecule is Clc1cccc(CCNc2ccnc(Nc3cccc4cccnc34)n2)c1. The molecule has 0 unspecified atom stereocenters. The van der Waals surface area contributed by atoms with Gasteiger partial charge in [-0.2, -0.15) is 4.98 Å². The molecule has 2 aromatic carbocycles. The van der Waals surface area contributed by atoms with Crippen LogP contribution in [0.15, 0.2) is 73.1 Å². The third-order valence-corrected chi connectivity index (χ3v) is 4.38. The standard InChI is InChI=1S/C21H18ClN5/c22-17-7-1-4-15(14-17)9-12-23-19-10-13-25-21(27-19)26-18-8-2-5-16-6-3-11-24-20(16)18/h1-8,10-11,13-14H,9,12H2,(H2,23,25,26,27). The van der Waals surface area contributed by atoms with Crippen molar-refractivity contribution >= 4 is 40.0 Å². The quantitative estimate of drug-likeness (QED) is 0.492. The Morgan fingerprint density at radius 1 is 0.889 bits per heavy atom. The van der Waals surface area contributed by atoms with Gasteiger partial charge < -0.3 is 10.6 Å². The Morgan fingerprint density at radius 3 is 2.70 bits per heavy atom. The van der Waals surface area contributed by atoms with Crippen molar-refractivity contribution in [2.24, 2.45) is 0 Å². The molecule has 0 radical (unpaired) electrons. The minimum absolute atomic E-state index is 0.529.